The molecule has 5 heteroatoms. The highest BCUT2D eigenvalue weighted by Crippen LogP contribution is 2.34. The number of hydrogen-bond acceptors (Lipinski definition) is 5. The number of β-amino-alcohol motifs (C(OH)–C–C–N with tert-alkyl or cyclic N) is 1. The van der Waals surface area contributed by atoms with E-state index >= 15 is 0 Å². The number of piperidine rings is 1. The Kier molecular flexibility index (Phi) is 7.31. The summed E-state index contributed by atoms with van der Waals surface area (Å²) in [5.74, 6) is 1.78. The Bertz CT molecular complexity index is 736. The third-order valence-electron chi connectivity index (χ3n) is 5.35. The van der Waals surface area contributed by atoms with E-state index in [1.54, 1.807) is 7.11 Å². The predicted molar refractivity (Wildman–Crippen MR) is 112 cm³/mol. The first-order valence-corrected chi connectivity index (χ1v) is 9.97. The number of rotatable bonds is 8. The van der Waals surface area contributed by atoms with Crippen LogP contribution in [0.15, 0.2) is 48.5 Å². The number of ether oxygens (including phenoxy) is 2. The van der Waals surface area contributed by atoms with Crippen molar-refractivity contribution < 1.29 is 14.6 Å². The fourth-order valence-corrected chi connectivity index (χ4v) is 3.81. The van der Waals surface area contributed by atoms with E-state index in [1.807, 2.05) is 44.4 Å². The lowest BCUT2D eigenvalue weighted by molar-refractivity contribution is 0.0471. The average molecular weight is 385 g/mol. The fourth-order valence-electron chi connectivity index (χ4n) is 3.81. The molecule has 5 nitrogen and oxygen atoms in total. The van der Waals surface area contributed by atoms with Gasteiger partial charge < -0.3 is 19.5 Å². The van der Waals surface area contributed by atoms with Crippen LogP contribution < -0.4 is 9.47 Å². The second-order valence-electron chi connectivity index (χ2n) is 7.71. The molecule has 0 radical (unpaired) electrons. The third kappa shape index (κ3) is 5.25. The number of methoxy groups -OCH3 is 1. The van der Waals surface area contributed by atoms with E-state index in [4.69, 9.17) is 9.47 Å². The van der Waals surface area contributed by atoms with E-state index in [-0.39, 0.29) is 12.0 Å². The Morgan fingerprint density at radius 1 is 1.11 bits per heavy atom. The van der Waals surface area contributed by atoms with Crippen LogP contribution in [0, 0.1) is 0 Å². The molecule has 0 spiro atoms. The van der Waals surface area contributed by atoms with Gasteiger partial charge in [-0.25, -0.2) is 0 Å². The molecule has 2 atom stereocenters. The Morgan fingerprint density at radius 2 is 1.89 bits per heavy atom. The van der Waals surface area contributed by atoms with Crippen LogP contribution in [0.5, 0.6) is 11.5 Å². The van der Waals surface area contributed by atoms with Gasteiger partial charge in [0, 0.05) is 31.1 Å². The molecule has 1 aliphatic rings. The van der Waals surface area contributed by atoms with Gasteiger partial charge in [-0.1, -0.05) is 42.5 Å². The third-order valence-corrected chi connectivity index (χ3v) is 5.35. The second kappa shape index (κ2) is 9.92. The summed E-state index contributed by atoms with van der Waals surface area (Å²) in [5.41, 5.74) is 2.33. The van der Waals surface area contributed by atoms with Gasteiger partial charge in [0.25, 0.3) is 0 Å². The van der Waals surface area contributed by atoms with Gasteiger partial charge in [-0.3, -0.25) is 4.90 Å². The van der Waals surface area contributed by atoms with E-state index in [0.717, 1.165) is 43.1 Å². The molecule has 0 saturated carbocycles. The van der Waals surface area contributed by atoms with Crippen LogP contribution in [-0.2, 0) is 6.54 Å². The number of benzene rings is 2. The zero-order valence-electron chi connectivity index (χ0n) is 17.2. The molecule has 1 heterocycles. The van der Waals surface area contributed by atoms with Crippen molar-refractivity contribution in [1.82, 2.24) is 9.80 Å². The monoisotopic (exact) mass is 384 g/mol. The van der Waals surface area contributed by atoms with E-state index in [1.165, 1.54) is 5.56 Å². The Labute approximate surface area is 168 Å². The van der Waals surface area contributed by atoms with Crippen LogP contribution in [0.25, 0.3) is 0 Å². The molecule has 152 valence electrons. The Morgan fingerprint density at radius 3 is 2.57 bits per heavy atom. The van der Waals surface area contributed by atoms with Crippen LogP contribution in [0.2, 0.25) is 0 Å². The topological polar surface area (TPSA) is 45.2 Å². The first-order valence-electron chi connectivity index (χ1n) is 9.97. The number of likely N-dealkylation sites (N-methyl/N-ethyl adjacent to an activating group) is 1. The first kappa shape index (κ1) is 20.6. The molecule has 28 heavy (non-hydrogen) atoms. The van der Waals surface area contributed by atoms with E-state index in [9.17, 15) is 5.11 Å². The van der Waals surface area contributed by atoms with Crippen LogP contribution in [-0.4, -0.2) is 68.5 Å². The number of likely N-dealkylation sites (tertiary alicyclic amines) is 1. The van der Waals surface area contributed by atoms with Crippen molar-refractivity contribution >= 4 is 0 Å². The summed E-state index contributed by atoms with van der Waals surface area (Å²) in [5, 5.41) is 10.7. The molecular weight excluding hydrogens is 352 g/mol. The van der Waals surface area contributed by atoms with Crippen molar-refractivity contribution in [1.29, 1.82) is 0 Å². The minimum absolute atomic E-state index is 0.207. The van der Waals surface area contributed by atoms with Crippen molar-refractivity contribution in [3.63, 3.8) is 0 Å². The van der Waals surface area contributed by atoms with Gasteiger partial charge in [-0.2, -0.15) is 0 Å². The van der Waals surface area contributed by atoms with Crippen LogP contribution in [0.3, 0.4) is 0 Å². The number of hydrogen-bond donors (Lipinski definition) is 1. The molecule has 1 saturated heterocycles. The summed E-state index contributed by atoms with van der Waals surface area (Å²) in [6, 6.07) is 16.4. The van der Waals surface area contributed by atoms with Crippen molar-refractivity contribution in [2.45, 2.75) is 25.0 Å². The van der Waals surface area contributed by atoms with Crippen LogP contribution >= 0.6 is 0 Å². The molecule has 0 amide bonds. The van der Waals surface area contributed by atoms with Gasteiger partial charge in [-0.05, 0) is 38.7 Å². The molecule has 0 aliphatic carbocycles. The zero-order valence-corrected chi connectivity index (χ0v) is 17.2. The van der Waals surface area contributed by atoms with Crippen molar-refractivity contribution in [2.75, 3.05) is 47.4 Å². The molecule has 0 aromatic heterocycles. The SMILES string of the molecule is COc1cccc(CN2CC[C@@H](c3ccccc3)[C@H](O)C2)c1OCCN(C)C. The van der Waals surface area contributed by atoms with E-state index < -0.39 is 0 Å². The number of para-hydroxylation sites is 1. The molecule has 0 bridgehead atoms. The predicted octanol–water partition coefficient (Wildman–Crippen LogP) is 2.99. The Hall–Kier alpha value is -2.08. The molecule has 2 aromatic rings. The van der Waals surface area contributed by atoms with E-state index in [2.05, 4.69) is 28.0 Å². The molecule has 2 aromatic carbocycles. The minimum Gasteiger partial charge on any atom is -0.493 e. The second-order valence-corrected chi connectivity index (χ2v) is 7.71. The molecular formula is C23H32N2O3. The normalized spacial score (nSPS) is 20.3. The highest BCUT2D eigenvalue weighted by molar-refractivity contribution is 5.46. The lowest BCUT2D eigenvalue weighted by atomic mass is 9.87. The molecule has 3 rings (SSSR count). The maximum atomic E-state index is 10.7. The lowest BCUT2D eigenvalue weighted by Gasteiger charge is -2.36. The van der Waals surface area contributed by atoms with Crippen molar-refractivity contribution in [2.24, 2.45) is 0 Å². The fraction of sp³-hybridized carbons (Fsp3) is 0.478. The number of aliphatic hydroxyl groups excluding tert-OH is 1. The van der Waals surface area contributed by atoms with Crippen LogP contribution in [0.1, 0.15) is 23.5 Å². The Balaban J connectivity index is 1.67. The molecule has 1 aliphatic heterocycles. The highest BCUT2D eigenvalue weighted by Gasteiger charge is 2.29. The summed E-state index contributed by atoms with van der Waals surface area (Å²) >= 11 is 0. The standard InChI is InChI=1S/C23H32N2O3/c1-24(2)14-15-28-23-19(10-7-11-22(23)27-3)16-25-13-12-20(21(26)17-25)18-8-5-4-6-9-18/h4-11,20-21,26H,12-17H2,1-3H3/t20-,21+/m0/s1. The maximum Gasteiger partial charge on any atom is 0.165 e. The minimum atomic E-state index is -0.361. The van der Waals surface area contributed by atoms with Crippen molar-refractivity contribution in [3.05, 3.63) is 59.7 Å². The van der Waals surface area contributed by atoms with Crippen LogP contribution in [0.4, 0.5) is 0 Å². The largest absolute Gasteiger partial charge is 0.493 e. The van der Waals surface area contributed by atoms with Gasteiger partial charge in [0.15, 0.2) is 11.5 Å². The van der Waals surface area contributed by atoms with Crippen molar-refractivity contribution in [3.8, 4) is 11.5 Å². The van der Waals surface area contributed by atoms with Gasteiger partial charge >= 0.3 is 0 Å². The molecule has 0 unspecified atom stereocenters. The zero-order chi connectivity index (χ0) is 19.9. The lowest BCUT2D eigenvalue weighted by Crippen LogP contribution is -2.42. The van der Waals surface area contributed by atoms with Gasteiger partial charge in [-0.15, -0.1) is 0 Å². The van der Waals surface area contributed by atoms with E-state index in [0.29, 0.717) is 13.2 Å². The van der Waals surface area contributed by atoms with Gasteiger partial charge in [0.1, 0.15) is 6.61 Å². The molecule has 1 N–H and O–H groups in total. The average Bonchev–Trinajstić information content (AvgIpc) is 2.69. The number of nitrogens with zero attached hydrogens (tertiary/aromatic N) is 2. The first-order chi connectivity index (χ1) is 13.6. The maximum absolute atomic E-state index is 10.7. The summed E-state index contributed by atoms with van der Waals surface area (Å²) in [6.07, 6.45) is 0.589. The summed E-state index contributed by atoms with van der Waals surface area (Å²) in [7, 11) is 5.74. The summed E-state index contributed by atoms with van der Waals surface area (Å²) < 4.78 is 11.6. The number of aliphatic hydroxyl groups is 1. The van der Waals surface area contributed by atoms with Gasteiger partial charge in [0.2, 0.25) is 0 Å². The van der Waals surface area contributed by atoms with Gasteiger partial charge in [0.05, 0.1) is 13.2 Å². The molecule has 1 fully saturated rings. The summed E-state index contributed by atoms with van der Waals surface area (Å²) in [4.78, 5) is 4.40. The highest BCUT2D eigenvalue weighted by atomic mass is 16.5. The smallest absolute Gasteiger partial charge is 0.165 e. The summed E-state index contributed by atoms with van der Waals surface area (Å²) in [6.45, 7) is 3.81. The quantitative estimate of drug-likeness (QED) is 0.758.